The maximum atomic E-state index is 8.30. The summed E-state index contributed by atoms with van der Waals surface area (Å²) in [4.78, 5) is 15.1. The van der Waals surface area contributed by atoms with Gasteiger partial charge in [0.1, 0.15) is 18.0 Å². The average molecular weight is 298 g/mol. The first kappa shape index (κ1) is 21.4. The molecule has 0 fully saturated rings. The summed E-state index contributed by atoms with van der Waals surface area (Å²) in [5, 5.41) is 16.6. The molecule has 0 saturated carbocycles. The SMILES string of the molecule is CC.CC.Cc1cnc(C#N)nc1.Cc1ncc(C#N)cn1. The Kier molecular flexibility index (Phi) is 14.2. The van der Waals surface area contributed by atoms with Crippen LogP contribution in [0.3, 0.4) is 0 Å². The predicted molar refractivity (Wildman–Crippen MR) is 85.7 cm³/mol. The molecule has 2 rings (SSSR count). The molecule has 0 bridgehead atoms. The van der Waals surface area contributed by atoms with E-state index in [0.29, 0.717) is 11.4 Å². The molecule has 0 N–H and O–H groups in total. The lowest BCUT2D eigenvalue weighted by molar-refractivity contribution is 1.04. The molecule has 0 aliphatic heterocycles. The molecule has 0 aliphatic rings. The van der Waals surface area contributed by atoms with E-state index in [1.54, 1.807) is 19.3 Å². The Morgan fingerprint density at radius 1 is 0.727 bits per heavy atom. The van der Waals surface area contributed by atoms with Crippen molar-refractivity contribution in [2.24, 2.45) is 0 Å². The lowest BCUT2D eigenvalue weighted by atomic mass is 10.4. The molecule has 2 heterocycles. The van der Waals surface area contributed by atoms with E-state index >= 15 is 0 Å². The molecule has 0 spiro atoms. The van der Waals surface area contributed by atoms with E-state index in [2.05, 4.69) is 19.9 Å². The van der Waals surface area contributed by atoms with Gasteiger partial charge in [-0.05, 0) is 19.4 Å². The van der Waals surface area contributed by atoms with Gasteiger partial charge in [0.15, 0.2) is 0 Å². The zero-order chi connectivity index (χ0) is 17.4. The van der Waals surface area contributed by atoms with Crippen LogP contribution in [0, 0.1) is 36.5 Å². The van der Waals surface area contributed by atoms with Crippen LogP contribution in [0.5, 0.6) is 0 Å². The normalized spacial score (nSPS) is 7.45. The minimum absolute atomic E-state index is 0.223. The van der Waals surface area contributed by atoms with Crippen LogP contribution >= 0.6 is 0 Å². The van der Waals surface area contributed by atoms with Crippen molar-refractivity contribution >= 4 is 0 Å². The number of nitrogens with zero attached hydrogens (tertiary/aromatic N) is 6. The summed E-state index contributed by atoms with van der Waals surface area (Å²) in [6.07, 6.45) is 6.24. The molecule has 0 amide bonds. The molecule has 0 saturated heterocycles. The summed E-state index contributed by atoms with van der Waals surface area (Å²) in [6, 6.07) is 3.76. The van der Waals surface area contributed by atoms with Gasteiger partial charge in [-0.3, -0.25) is 0 Å². The fourth-order valence-corrected chi connectivity index (χ4v) is 0.901. The van der Waals surface area contributed by atoms with Crippen LogP contribution in [-0.2, 0) is 0 Å². The molecule has 0 radical (unpaired) electrons. The second-order valence-corrected chi connectivity index (χ2v) is 3.33. The van der Waals surface area contributed by atoms with E-state index in [1.807, 2.05) is 46.8 Å². The average Bonchev–Trinajstić information content (AvgIpc) is 2.60. The topological polar surface area (TPSA) is 99.1 Å². The fourth-order valence-electron chi connectivity index (χ4n) is 0.901. The highest BCUT2D eigenvalue weighted by Crippen LogP contribution is 1.90. The van der Waals surface area contributed by atoms with Gasteiger partial charge in [0.25, 0.3) is 0 Å². The minimum atomic E-state index is 0.223. The quantitative estimate of drug-likeness (QED) is 0.739. The van der Waals surface area contributed by atoms with Crippen molar-refractivity contribution in [2.75, 3.05) is 0 Å². The number of hydrogen-bond donors (Lipinski definition) is 0. The summed E-state index contributed by atoms with van der Waals surface area (Å²) in [6.45, 7) is 11.7. The zero-order valence-corrected chi connectivity index (χ0v) is 14.0. The second kappa shape index (κ2) is 14.5. The summed E-state index contributed by atoms with van der Waals surface area (Å²) < 4.78 is 0. The maximum absolute atomic E-state index is 8.30. The number of aromatic nitrogens is 4. The highest BCUT2D eigenvalue weighted by atomic mass is 14.9. The molecule has 2 aromatic heterocycles. The van der Waals surface area contributed by atoms with E-state index in [-0.39, 0.29) is 5.82 Å². The third-order valence-electron chi connectivity index (χ3n) is 1.79. The summed E-state index contributed by atoms with van der Waals surface area (Å²) in [7, 11) is 0. The highest BCUT2D eigenvalue weighted by molar-refractivity contribution is 5.21. The van der Waals surface area contributed by atoms with Crippen LogP contribution < -0.4 is 0 Å². The van der Waals surface area contributed by atoms with Crippen LogP contribution in [0.15, 0.2) is 24.8 Å². The summed E-state index contributed by atoms with van der Waals surface area (Å²) in [5.41, 5.74) is 1.47. The molecule has 0 unspecified atom stereocenters. The van der Waals surface area contributed by atoms with E-state index in [1.165, 1.54) is 12.4 Å². The van der Waals surface area contributed by atoms with Crippen LogP contribution in [0.1, 0.15) is 50.5 Å². The number of rotatable bonds is 0. The first-order valence-electron chi connectivity index (χ1n) is 7.03. The molecule has 2 aromatic rings. The molecular formula is C16H22N6. The smallest absolute Gasteiger partial charge is 0.232 e. The minimum Gasteiger partial charge on any atom is -0.240 e. The highest BCUT2D eigenvalue weighted by Gasteiger charge is 1.88. The third-order valence-corrected chi connectivity index (χ3v) is 1.79. The Labute approximate surface area is 132 Å². The van der Waals surface area contributed by atoms with Crippen molar-refractivity contribution in [1.29, 1.82) is 10.5 Å². The molecular weight excluding hydrogens is 276 g/mol. The van der Waals surface area contributed by atoms with Gasteiger partial charge in [-0.2, -0.15) is 10.5 Å². The molecule has 6 nitrogen and oxygen atoms in total. The number of nitriles is 2. The van der Waals surface area contributed by atoms with E-state index < -0.39 is 0 Å². The Bertz CT molecular complexity index is 521. The first-order valence-corrected chi connectivity index (χ1v) is 7.03. The van der Waals surface area contributed by atoms with Gasteiger partial charge in [-0.15, -0.1) is 0 Å². The van der Waals surface area contributed by atoms with Gasteiger partial charge >= 0.3 is 0 Å². The second-order valence-electron chi connectivity index (χ2n) is 3.33. The van der Waals surface area contributed by atoms with Crippen LogP contribution in [-0.4, -0.2) is 19.9 Å². The van der Waals surface area contributed by atoms with E-state index in [9.17, 15) is 0 Å². The van der Waals surface area contributed by atoms with Crippen LogP contribution in [0.2, 0.25) is 0 Å². The van der Waals surface area contributed by atoms with Gasteiger partial charge < -0.3 is 0 Å². The Balaban J connectivity index is 0. The van der Waals surface area contributed by atoms with Gasteiger partial charge in [0.2, 0.25) is 5.82 Å². The predicted octanol–water partition coefficient (Wildman–Crippen LogP) is 3.37. The van der Waals surface area contributed by atoms with Crippen molar-refractivity contribution in [1.82, 2.24) is 19.9 Å². The molecule has 0 aromatic carbocycles. The summed E-state index contributed by atoms with van der Waals surface area (Å²) >= 11 is 0. The Morgan fingerprint density at radius 3 is 1.55 bits per heavy atom. The molecule has 0 atom stereocenters. The van der Waals surface area contributed by atoms with Gasteiger partial charge in [0, 0.05) is 24.8 Å². The Hall–Kier alpha value is -2.86. The molecule has 22 heavy (non-hydrogen) atoms. The van der Waals surface area contributed by atoms with Crippen LogP contribution in [0.4, 0.5) is 0 Å². The molecule has 6 heteroatoms. The fraction of sp³-hybridized carbons (Fsp3) is 0.375. The largest absolute Gasteiger partial charge is 0.240 e. The monoisotopic (exact) mass is 298 g/mol. The Morgan fingerprint density at radius 2 is 1.18 bits per heavy atom. The lowest BCUT2D eigenvalue weighted by Crippen LogP contribution is -1.86. The maximum Gasteiger partial charge on any atom is 0.232 e. The van der Waals surface area contributed by atoms with Gasteiger partial charge in [-0.25, -0.2) is 19.9 Å². The lowest BCUT2D eigenvalue weighted by Gasteiger charge is -1.86. The standard InChI is InChI=1S/2C6H5N3.2C2H6/c1-5-8-3-6(2-7)4-9-5;1-5-3-8-6(2-7)9-4-5;2*1-2/h2*3-4H,1H3;2*1-2H3. The van der Waals surface area contributed by atoms with E-state index in [4.69, 9.17) is 10.5 Å². The van der Waals surface area contributed by atoms with E-state index in [0.717, 1.165) is 5.56 Å². The van der Waals surface area contributed by atoms with Crippen molar-refractivity contribution in [3.05, 3.63) is 47.6 Å². The molecule has 0 aliphatic carbocycles. The third kappa shape index (κ3) is 9.99. The first-order chi connectivity index (χ1) is 10.7. The summed E-state index contributed by atoms with van der Waals surface area (Å²) in [5.74, 6) is 0.912. The van der Waals surface area contributed by atoms with Crippen molar-refractivity contribution in [3.63, 3.8) is 0 Å². The van der Waals surface area contributed by atoms with Crippen molar-refractivity contribution in [2.45, 2.75) is 41.5 Å². The van der Waals surface area contributed by atoms with Crippen molar-refractivity contribution in [3.8, 4) is 12.1 Å². The molecule has 116 valence electrons. The van der Waals surface area contributed by atoms with Crippen LogP contribution in [0.25, 0.3) is 0 Å². The zero-order valence-electron chi connectivity index (χ0n) is 14.0. The number of hydrogen-bond acceptors (Lipinski definition) is 6. The number of aryl methyl sites for hydroxylation is 2. The van der Waals surface area contributed by atoms with Gasteiger partial charge in [0.05, 0.1) is 5.56 Å². The van der Waals surface area contributed by atoms with Gasteiger partial charge in [-0.1, -0.05) is 27.7 Å². The van der Waals surface area contributed by atoms with Crippen molar-refractivity contribution < 1.29 is 0 Å².